The van der Waals surface area contributed by atoms with Crippen molar-refractivity contribution in [3.05, 3.63) is 65.7 Å². The molecule has 1 amide bonds. The second kappa shape index (κ2) is 6.78. The molecule has 1 N–H and O–H groups in total. The highest BCUT2D eigenvalue weighted by molar-refractivity contribution is 5.92. The second-order valence-electron chi connectivity index (χ2n) is 6.86. The molecular weight excluding hydrogens is 270 g/mol. The number of carbonyl (C=O) groups excluding carboxylic acids is 1. The van der Waals surface area contributed by atoms with Crippen LogP contribution in [0.3, 0.4) is 0 Å². The van der Waals surface area contributed by atoms with Crippen molar-refractivity contribution in [1.29, 1.82) is 0 Å². The quantitative estimate of drug-likeness (QED) is 0.833. The molecule has 2 nitrogen and oxygen atoms in total. The fourth-order valence-corrected chi connectivity index (χ4v) is 2.62. The molecule has 0 unspecified atom stereocenters. The van der Waals surface area contributed by atoms with Gasteiger partial charge < -0.3 is 5.32 Å². The van der Waals surface area contributed by atoms with Crippen molar-refractivity contribution in [3.63, 3.8) is 0 Å². The minimum Gasteiger partial charge on any atom is -0.326 e. The molecule has 0 bridgehead atoms. The zero-order chi connectivity index (χ0) is 16.2. The lowest BCUT2D eigenvalue weighted by Gasteiger charge is -2.23. The van der Waals surface area contributed by atoms with Crippen molar-refractivity contribution >= 4 is 11.6 Å². The van der Waals surface area contributed by atoms with E-state index in [4.69, 9.17) is 0 Å². The van der Waals surface area contributed by atoms with Crippen molar-refractivity contribution in [2.75, 3.05) is 5.32 Å². The topological polar surface area (TPSA) is 29.1 Å². The summed E-state index contributed by atoms with van der Waals surface area (Å²) in [5, 5.41) is 3.08. The minimum absolute atomic E-state index is 0.00885. The Labute approximate surface area is 133 Å². The van der Waals surface area contributed by atoms with Gasteiger partial charge in [0.1, 0.15) is 0 Å². The third-order valence-electron chi connectivity index (χ3n) is 3.87. The summed E-state index contributed by atoms with van der Waals surface area (Å²) in [6, 6.07) is 18.2. The molecule has 0 aliphatic rings. The van der Waals surface area contributed by atoms with E-state index in [-0.39, 0.29) is 17.2 Å². The highest BCUT2D eigenvalue weighted by Gasteiger charge is 2.19. The van der Waals surface area contributed by atoms with Crippen LogP contribution < -0.4 is 5.32 Å². The average molecular weight is 295 g/mol. The fraction of sp³-hybridized carbons (Fsp3) is 0.350. The number of hydrogen-bond acceptors (Lipinski definition) is 1. The SMILES string of the molecule is C[C@@H](CC(=O)Nc1ccccc1C(C)(C)C)c1ccccc1. The first-order valence-electron chi connectivity index (χ1n) is 7.82. The van der Waals surface area contributed by atoms with Gasteiger partial charge in [0.05, 0.1) is 0 Å². The molecule has 2 aromatic carbocycles. The molecule has 0 saturated carbocycles. The summed E-state index contributed by atoms with van der Waals surface area (Å²) < 4.78 is 0. The Kier molecular flexibility index (Phi) is 5.02. The van der Waals surface area contributed by atoms with Crippen LogP contribution in [0.25, 0.3) is 0 Å². The standard InChI is InChI=1S/C20H25NO/c1-15(16-10-6-5-7-11-16)14-19(22)21-18-13-9-8-12-17(18)20(2,3)4/h5-13,15H,14H2,1-4H3,(H,21,22)/t15-/m0/s1. The van der Waals surface area contributed by atoms with Gasteiger partial charge in [-0.05, 0) is 28.5 Å². The molecule has 0 aromatic heterocycles. The Balaban J connectivity index is 2.07. The van der Waals surface area contributed by atoms with Crippen molar-refractivity contribution in [3.8, 4) is 0 Å². The number of amides is 1. The maximum Gasteiger partial charge on any atom is 0.224 e. The number of benzene rings is 2. The molecule has 0 aliphatic carbocycles. The molecule has 2 heteroatoms. The number of para-hydroxylation sites is 1. The number of hydrogen-bond donors (Lipinski definition) is 1. The first-order valence-corrected chi connectivity index (χ1v) is 7.82. The molecule has 0 heterocycles. The third-order valence-corrected chi connectivity index (χ3v) is 3.87. The Morgan fingerprint density at radius 1 is 1.00 bits per heavy atom. The Morgan fingerprint density at radius 3 is 2.23 bits per heavy atom. The highest BCUT2D eigenvalue weighted by atomic mass is 16.1. The summed E-state index contributed by atoms with van der Waals surface area (Å²) >= 11 is 0. The summed E-state index contributed by atoms with van der Waals surface area (Å²) in [7, 11) is 0. The first-order chi connectivity index (χ1) is 10.4. The molecule has 116 valence electrons. The van der Waals surface area contributed by atoms with E-state index in [2.05, 4.69) is 51.2 Å². The van der Waals surface area contributed by atoms with Gasteiger partial charge in [-0.1, -0.05) is 76.2 Å². The van der Waals surface area contributed by atoms with Gasteiger partial charge in [0.25, 0.3) is 0 Å². The fourth-order valence-electron chi connectivity index (χ4n) is 2.62. The van der Waals surface area contributed by atoms with Crippen molar-refractivity contribution in [2.45, 2.75) is 45.4 Å². The Morgan fingerprint density at radius 2 is 1.59 bits per heavy atom. The predicted octanol–water partition coefficient (Wildman–Crippen LogP) is 5.12. The third kappa shape index (κ3) is 4.20. The van der Waals surface area contributed by atoms with Crippen LogP contribution in [0.5, 0.6) is 0 Å². The number of carbonyl (C=O) groups is 1. The molecule has 1 atom stereocenters. The van der Waals surface area contributed by atoms with Gasteiger partial charge in [-0.2, -0.15) is 0 Å². The molecule has 0 fully saturated rings. The maximum absolute atomic E-state index is 12.4. The number of nitrogens with one attached hydrogen (secondary N) is 1. The van der Waals surface area contributed by atoms with E-state index in [9.17, 15) is 4.79 Å². The van der Waals surface area contributed by atoms with E-state index in [0.717, 1.165) is 11.3 Å². The van der Waals surface area contributed by atoms with Gasteiger partial charge in [-0.15, -0.1) is 0 Å². The van der Waals surface area contributed by atoms with Crippen LogP contribution in [-0.2, 0) is 10.2 Å². The summed E-state index contributed by atoms with van der Waals surface area (Å²) in [5.74, 6) is 0.274. The second-order valence-corrected chi connectivity index (χ2v) is 6.86. The molecule has 0 saturated heterocycles. The van der Waals surface area contributed by atoms with Gasteiger partial charge >= 0.3 is 0 Å². The van der Waals surface area contributed by atoms with Gasteiger partial charge in [0.15, 0.2) is 0 Å². The Hall–Kier alpha value is -2.09. The zero-order valence-corrected chi connectivity index (χ0v) is 13.9. The monoisotopic (exact) mass is 295 g/mol. The summed E-state index contributed by atoms with van der Waals surface area (Å²) in [6.07, 6.45) is 0.489. The van der Waals surface area contributed by atoms with E-state index < -0.39 is 0 Å². The minimum atomic E-state index is 0.00885. The van der Waals surface area contributed by atoms with Crippen LogP contribution in [0.2, 0.25) is 0 Å². The van der Waals surface area contributed by atoms with Crippen LogP contribution in [-0.4, -0.2) is 5.91 Å². The van der Waals surface area contributed by atoms with Gasteiger partial charge in [-0.3, -0.25) is 4.79 Å². The van der Waals surface area contributed by atoms with Crippen molar-refractivity contribution in [2.24, 2.45) is 0 Å². The molecule has 2 rings (SSSR count). The largest absolute Gasteiger partial charge is 0.326 e. The van der Waals surface area contributed by atoms with Crippen molar-refractivity contribution < 1.29 is 4.79 Å². The molecule has 0 radical (unpaired) electrons. The molecule has 0 aliphatic heterocycles. The molecule has 2 aromatic rings. The van der Waals surface area contributed by atoms with Crippen LogP contribution >= 0.6 is 0 Å². The summed E-state index contributed by atoms with van der Waals surface area (Å²) in [5.41, 5.74) is 3.28. The van der Waals surface area contributed by atoms with Crippen LogP contribution in [0.1, 0.15) is 51.2 Å². The molecule has 22 heavy (non-hydrogen) atoms. The highest BCUT2D eigenvalue weighted by Crippen LogP contribution is 2.29. The van der Waals surface area contributed by atoms with Gasteiger partial charge in [-0.25, -0.2) is 0 Å². The van der Waals surface area contributed by atoms with Gasteiger partial charge in [0.2, 0.25) is 5.91 Å². The lowest BCUT2D eigenvalue weighted by atomic mass is 9.85. The van der Waals surface area contributed by atoms with E-state index >= 15 is 0 Å². The first kappa shape index (κ1) is 16.3. The smallest absolute Gasteiger partial charge is 0.224 e. The van der Waals surface area contributed by atoms with E-state index in [1.54, 1.807) is 0 Å². The molecule has 0 spiro atoms. The van der Waals surface area contributed by atoms with Crippen LogP contribution in [0.4, 0.5) is 5.69 Å². The molecular formula is C20H25NO. The van der Waals surface area contributed by atoms with Gasteiger partial charge in [0, 0.05) is 12.1 Å². The van der Waals surface area contributed by atoms with Crippen molar-refractivity contribution in [1.82, 2.24) is 0 Å². The predicted molar refractivity (Wildman–Crippen MR) is 93.2 cm³/mol. The normalized spacial score (nSPS) is 12.7. The maximum atomic E-state index is 12.4. The average Bonchev–Trinajstić information content (AvgIpc) is 2.47. The summed E-state index contributed by atoms with van der Waals surface area (Å²) in [6.45, 7) is 8.56. The Bertz CT molecular complexity index is 626. The summed E-state index contributed by atoms with van der Waals surface area (Å²) in [4.78, 5) is 12.4. The lowest BCUT2D eigenvalue weighted by Crippen LogP contribution is -2.19. The van der Waals surface area contributed by atoms with E-state index in [1.165, 1.54) is 5.56 Å². The zero-order valence-electron chi connectivity index (χ0n) is 13.9. The van der Waals surface area contributed by atoms with E-state index in [0.29, 0.717) is 6.42 Å². The lowest BCUT2D eigenvalue weighted by molar-refractivity contribution is -0.116. The van der Waals surface area contributed by atoms with Crippen LogP contribution in [0.15, 0.2) is 54.6 Å². The van der Waals surface area contributed by atoms with E-state index in [1.807, 2.05) is 36.4 Å². The number of anilines is 1. The van der Waals surface area contributed by atoms with Crippen LogP contribution in [0, 0.1) is 0 Å². The number of rotatable bonds is 4.